The van der Waals surface area contributed by atoms with Gasteiger partial charge in [0.2, 0.25) is 5.76 Å². The molecule has 0 aliphatic rings. The van der Waals surface area contributed by atoms with E-state index in [2.05, 4.69) is 0 Å². The number of hydrogen-bond donors (Lipinski definition) is 0. The predicted octanol–water partition coefficient (Wildman–Crippen LogP) is 5.68. The van der Waals surface area contributed by atoms with Crippen molar-refractivity contribution >= 4 is 16.9 Å². The molecule has 0 N–H and O–H groups in total. The van der Waals surface area contributed by atoms with Gasteiger partial charge in [-0.15, -0.1) is 0 Å². The molecule has 4 aromatic rings. The first-order chi connectivity index (χ1) is 13.7. The molecule has 0 fully saturated rings. The lowest BCUT2D eigenvalue weighted by Crippen LogP contribution is -2.09. The highest BCUT2D eigenvalue weighted by Crippen LogP contribution is 2.28. The van der Waals surface area contributed by atoms with Gasteiger partial charge in [-0.2, -0.15) is 0 Å². The van der Waals surface area contributed by atoms with Gasteiger partial charge in [0.1, 0.15) is 24.5 Å². The maximum absolute atomic E-state index is 12.8. The summed E-state index contributed by atoms with van der Waals surface area (Å²) in [6.45, 7) is 2.40. The molecule has 0 bridgehead atoms. The Morgan fingerprint density at radius 3 is 2.39 bits per heavy atom. The van der Waals surface area contributed by atoms with Gasteiger partial charge in [-0.3, -0.25) is 0 Å². The molecule has 0 saturated carbocycles. The zero-order chi connectivity index (χ0) is 19.3. The summed E-state index contributed by atoms with van der Waals surface area (Å²) < 4.78 is 17.2. The maximum Gasteiger partial charge on any atom is 0.375 e. The maximum atomic E-state index is 12.8. The van der Waals surface area contributed by atoms with Crippen molar-refractivity contribution in [3.05, 3.63) is 101 Å². The van der Waals surface area contributed by atoms with Crippen LogP contribution in [0.3, 0.4) is 0 Å². The van der Waals surface area contributed by atoms with Crippen LogP contribution in [0.15, 0.2) is 83.3 Å². The third-order valence-electron chi connectivity index (χ3n) is 4.63. The second kappa shape index (κ2) is 8.01. The number of hydrogen-bond acceptors (Lipinski definition) is 4. The fourth-order valence-corrected chi connectivity index (χ4v) is 3.06. The smallest absolute Gasteiger partial charge is 0.375 e. The molecule has 1 aromatic heterocycles. The van der Waals surface area contributed by atoms with E-state index in [9.17, 15) is 4.79 Å². The molecule has 0 aliphatic carbocycles. The fraction of sp³-hybridized carbons (Fsp3) is 0.125. The van der Waals surface area contributed by atoms with Crippen LogP contribution < -0.4 is 4.74 Å². The summed E-state index contributed by atoms with van der Waals surface area (Å²) in [5.74, 6) is 0.420. The van der Waals surface area contributed by atoms with Crippen molar-refractivity contribution in [2.45, 2.75) is 20.1 Å². The normalized spacial score (nSPS) is 10.8. The van der Waals surface area contributed by atoms with Crippen molar-refractivity contribution in [3.63, 3.8) is 0 Å². The number of furan rings is 1. The van der Waals surface area contributed by atoms with E-state index in [1.54, 1.807) is 0 Å². The summed E-state index contributed by atoms with van der Waals surface area (Å²) in [6, 6.07) is 24.8. The van der Waals surface area contributed by atoms with Crippen molar-refractivity contribution in [3.8, 4) is 5.75 Å². The van der Waals surface area contributed by atoms with E-state index in [0.717, 1.165) is 22.3 Å². The minimum absolute atomic E-state index is 0.186. The molecular formula is C24H20O4. The molecule has 4 nitrogen and oxygen atoms in total. The van der Waals surface area contributed by atoms with E-state index < -0.39 is 5.97 Å². The van der Waals surface area contributed by atoms with Crippen LogP contribution in [-0.4, -0.2) is 5.97 Å². The van der Waals surface area contributed by atoms with Crippen LogP contribution in [0.1, 0.15) is 27.2 Å². The Bertz CT molecular complexity index is 1100. The van der Waals surface area contributed by atoms with Gasteiger partial charge in [-0.25, -0.2) is 4.79 Å². The van der Waals surface area contributed by atoms with E-state index in [0.29, 0.717) is 11.1 Å². The molecule has 28 heavy (non-hydrogen) atoms. The van der Waals surface area contributed by atoms with Gasteiger partial charge >= 0.3 is 5.97 Å². The summed E-state index contributed by atoms with van der Waals surface area (Å²) >= 11 is 0. The van der Waals surface area contributed by atoms with E-state index >= 15 is 0 Å². The molecule has 1 heterocycles. The number of rotatable bonds is 6. The van der Waals surface area contributed by atoms with Crippen LogP contribution in [-0.2, 0) is 18.0 Å². The largest absolute Gasteiger partial charge is 0.489 e. The summed E-state index contributed by atoms with van der Waals surface area (Å²) in [5.41, 5.74) is 3.37. The highest BCUT2D eigenvalue weighted by Gasteiger charge is 2.22. The van der Waals surface area contributed by atoms with Gasteiger partial charge in [-0.05, 0) is 36.2 Å². The number of ether oxygens (including phenoxy) is 2. The van der Waals surface area contributed by atoms with Gasteiger partial charge in [0, 0.05) is 5.39 Å². The fourth-order valence-electron chi connectivity index (χ4n) is 3.06. The second-order valence-corrected chi connectivity index (χ2v) is 6.51. The van der Waals surface area contributed by atoms with Gasteiger partial charge in [-0.1, -0.05) is 60.7 Å². The van der Waals surface area contributed by atoms with Gasteiger partial charge < -0.3 is 13.9 Å². The zero-order valence-electron chi connectivity index (χ0n) is 15.6. The molecule has 0 saturated heterocycles. The molecule has 3 aromatic carbocycles. The molecule has 4 heteroatoms. The molecule has 0 aliphatic heterocycles. The lowest BCUT2D eigenvalue weighted by molar-refractivity contribution is 0.0434. The van der Waals surface area contributed by atoms with Crippen LogP contribution in [0.4, 0.5) is 0 Å². The Balaban J connectivity index is 1.58. The van der Waals surface area contributed by atoms with Crippen molar-refractivity contribution in [2.24, 2.45) is 0 Å². The number of fused-ring (bicyclic) bond motifs is 1. The number of esters is 1. The SMILES string of the molecule is Cc1ccccc1COC(=O)c1oc2ccccc2c1COc1ccccc1. The second-order valence-electron chi connectivity index (χ2n) is 6.51. The Morgan fingerprint density at radius 2 is 1.57 bits per heavy atom. The van der Waals surface area contributed by atoms with Crippen LogP contribution in [0.25, 0.3) is 11.0 Å². The molecule has 0 atom stereocenters. The topological polar surface area (TPSA) is 48.7 Å². The molecule has 0 spiro atoms. The summed E-state index contributed by atoms with van der Waals surface area (Å²) in [6.07, 6.45) is 0. The predicted molar refractivity (Wildman–Crippen MR) is 107 cm³/mol. The lowest BCUT2D eigenvalue weighted by atomic mass is 10.1. The number of para-hydroxylation sites is 2. The first-order valence-electron chi connectivity index (χ1n) is 9.12. The quantitative estimate of drug-likeness (QED) is 0.409. The van der Waals surface area contributed by atoms with Crippen LogP contribution in [0.5, 0.6) is 5.75 Å². The standard InChI is InChI=1S/C24H20O4/c1-17-9-5-6-10-18(17)15-27-24(25)23-21(16-26-19-11-3-2-4-12-19)20-13-7-8-14-22(20)28-23/h2-14H,15-16H2,1H3. The first-order valence-corrected chi connectivity index (χ1v) is 9.12. The third-order valence-corrected chi connectivity index (χ3v) is 4.63. The number of carbonyl (C=O) groups excluding carboxylic acids is 1. The summed E-state index contributed by atoms with van der Waals surface area (Å²) in [7, 11) is 0. The Kier molecular flexibility index (Phi) is 5.11. The van der Waals surface area contributed by atoms with E-state index in [-0.39, 0.29) is 19.0 Å². The van der Waals surface area contributed by atoms with E-state index in [1.807, 2.05) is 85.8 Å². The Morgan fingerprint density at radius 1 is 0.857 bits per heavy atom. The average molecular weight is 372 g/mol. The monoisotopic (exact) mass is 372 g/mol. The van der Waals surface area contributed by atoms with Crippen LogP contribution in [0, 0.1) is 6.92 Å². The minimum Gasteiger partial charge on any atom is -0.489 e. The average Bonchev–Trinajstić information content (AvgIpc) is 3.11. The van der Waals surface area contributed by atoms with Crippen LogP contribution >= 0.6 is 0 Å². The van der Waals surface area contributed by atoms with Gasteiger partial charge in [0.15, 0.2) is 0 Å². The third kappa shape index (κ3) is 3.76. The lowest BCUT2D eigenvalue weighted by Gasteiger charge is -2.08. The van der Waals surface area contributed by atoms with Gasteiger partial charge in [0.25, 0.3) is 0 Å². The van der Waals surface area contributed by atoms with Crippen molar-refractivity contribution in [2.75, 3.05) is 0 Å². The highest BCUT2D eigenvalue weighted by molar-refractivity contribution is 5.96. The Labute approximate surface area is 163 Å². The molecule has 4 rings (SSSR count). The highest BCUT2D eigenvalue weighted by atomic mass is 16.5. The first kappa shape index (κ1) is 17.9. The molecular weight excluding hydrogens is 352 g/mol. The van der Waals surface area contributed by atoms with Gasteiger partial charge in [0.05, 0.1) is 5.56 Å². The molecule has 0 unspecified atom stereocenters. The van der Waals surface area contributed by atoms with Crippen molar-refractivity contribution in [1.29, 1.82) is 0 Å². The zero-order valence-corrected chi connectivity index (χ0v) is 15.6. The van der Waals surface area contributed by atoms with Crippen molar-refractivity contribution < 1.29 is 18.7 Å². The molecule has 0 amide bonds. The number of carbonyl (C=O) groups is 1. The number of aryl methyl sites for hydroxylation is 1. The molecule has 140 valence electrons. The Hall–Kier alpha value is -3.53. The van der Waals surface area contributed by atoms with E-state index in [1.165, 1.54) is 0 Å². The summed E-state index contributed by atoms with van der Waals surface area (Å²) in [4.78, 5) is 12.8. The summed E-state index contributed by atoms with van der Waals surface area (Å²) in [5, 5.41) is 0.848. The minimum atomic E-state index is -0.494. The van der Waals surface area contributed by atoms with Crippen molar-refractivity contribution in [1.82, 2.24) is 0 Å². The van der Waals surface area contributed by atoms with E-state index in [4.69, 9.17) is 13.9 Å². The molecule has 0 radical (unpaired) electrons. The number of benzene rings is 3. The van der Waals surface area contributed by atoms with Crippen LogP contribution in [0.2, 0.25) is 0 Å².